The molecule has 0 bridgehead atoms. The van der Waals surface area contributed by atoms with E-state index in [1.807, 2.05) is 0 Å². The Hall–Kier alpha value is -1.89. The van der Waals surface area contributed by atoms with Crippen molar-refractivity contribution in [3.8, 4) is 0 Å². The number of rotatable bonds is 5. The third-order valence-electron chi connectivity index (χ3n) is 2.43. The van der Waals surface area contributed by atoms with Crippen molar-refractivity contribution in [2.24, 2.45) is 0 Å². The van der Waals surface area contributed by atoms with Gasteiger partial charge in [0.2, 0.25) is 5.16 Å². The molecule has 0 aliphatic rings. The van der Waals surface area contributed by atoms with E-state index in [1.165, 1.54) is 33.1 Å². The fraction of sp³-hybridized carbons (Fsp3) is 0.333. The molecule has 0 radical (unpaired) electrons. The van der Waals surface area contributed by atoms with Crippen LogP contribution in [0.15, 0.2) is 23.4 Å². The summed E-state index contributed by atoms with van der Waals surface area (Å²) in [5.74, 6) is -0.247. The van der Waals surface area contributed by atoms with Gasteiger partial charge in [-0.25, -0.2) is 4.68 Å². The van der Waals surface area contributed by atoms with Crippen LogP contribution >= 0.6 is 11.8 Å². The van der Waals surface area contributed by atoms with Crippen LogP contribution in [0, 0.1) is 13.8 Å². The van der Waals surface area contributed by atoms with Gasteiger partial charge in [-0.05, 0) is 29.8 Å². The predicted molar refractivity (Wildman–Crippen MR) is 70.9 cm³/mol. The van der Waals surface area contributed by atoms with Crippen LogP contribution in [-0.2, 0) is 17.1 Å². The van der Waals surface area contributed by atoms with Crippen molar-refractivity contribution in [1.82, 2.24) is 20.2 Å². The van der Waals surface area contributed by atoms with Gasteiger partial charge in [0.05, 0.1) is 0 Å². The zero-order chi connectivity index (χ0) is 13.8. The molecule has 7 heteroatoms. The van der Waals surface area contributed by atoms with Crippen molar-refractivity contribution in [2.75, 3.05) is 0 Å². The maximum absolute atomic E-state index is 10.7. The third kappa shape index (κ3) is 3.78. The highest BCUT2D eigenvalue weighted by atomic mass is 32.2. The molecule has 0 aliphatic carbocycles. The molecule has 0 fully saturated rings. The maximum Gasteiger partial charge on any atom is 0.325 e. The number of hydrogen-bond donors (Lipinski definition) is 1. The third-order valence-corrected chi connectivity index (χ3v) is 3.46. The normalized spacial score (nSPS) is 10.6. The van der Waals surface area contributed by atoms with Crippen molar-refractivity contribution in [2.45, 2.75) is 31.3 Å². The fourth-order valence-corrected chi connectivity index (χ4v) is 2.63. The van der Waals surface area contributed by atoms with E-state index >= 15 is 0 Å². The smallest absolute Gasteiger partial charge is 0.325 e. The summed E-state index contributed by atoms with van der Waals surface area (Å²) in [4.78, 5) is 10.7. The molecule has 0 aliphatic heterocycles. The summed E-state index contributed by atoms with van der Waals surface area (Å²) in [5.41, 5.74) is 3.59. The van der Waals surface area contributed by atoms with Gasteiger partial charge < -0.3 is 5.11 Å². The van der Waals surface area contributed by atoms with Crippen molar-refractivity contribution in [1.29, 1.82) is 0 Å². The Morgan fingerprint density at radius 3 is 2.63 bits per heavy atom. The SMILES string of the molecule is Cc1cc(C)cc(CSc2nnnn2CC(=O)O)c1. The number of benzene rings is 1. The first-order valence-electron chi connectivity index (χ1n) is 5.72. The number of nitrogens with zero attached hydrogens (tertiary/aromatic N) is 4. The summed E-state index contributed by atoms with van der Waals surface area (Å²) in [7, 11) is 0. The number of aromatic nitrogens is 4. The number of thioether (sulfide) groups is 1. The van der Waals surface area contributed by atoms with E-state index in [4.69, 9.17) is 5.11 Å². The molecule has 6 nitrogen and oxygen atoms in total. The van der Waals surface area contributed by atoms with E-state index in [0.29, 0.717) is 10.9 Å². The quantitative estimate of drug-likeness (QED) is 0.838. The lowest BCUT2D eigenvalue weighted by Crippen LogP contribution is -2.11. The van der Waals surface area contributed by atoms with Crippen LogP contribution in [0.3, 0.4) is 0 Å². The topological polar surface area (TPSA) is 80.9 Å². The largest absolute Gasteiger partial charge is 0.480 e. The van der Waals surface area contributed by atoms with E-state index < -0.39 is 5.97 Å². The lowest BCUT2D eigenvalue weighted by molar-refractivity contribution is -0.138. The van der Waals surface area contributed by atoms with E-state index in [1.54, 1.807) is 0 Å². The Balaban J connectivity index is 2.06. The number of carbonyl (C=O) groups is 1. The van der Waals surface area contributed by atoms with Gasteiger partial charge in [-0.3, -0.25) is 4.79 Å². The Labute approximate surface area is 114 Å². The van der Waals surface area contributed by atoms with Crippen LogP contribution in [0.4, 0.5) is 0 Å². The lowest BCUT2D eigenvalue weighted by atomic mass is 10.1. The van der Waals surface area contributed by atoms with Crippen molar-refractivity contribution >= 4 is 17.7 Å². The molecule has 19 heavy (non-hydrogen) atoms. The molecule has 1 aromatic carbocycles. The molecule has 2 aromatic rings. The number of carboxylic acid groups (broad SMARTS) is 1. The average molecular weight is 278 g/mol. The van der Waals surface area contributed by atoms with Crippen LogP contribution in [0.1, 0.15) is 16.7 Å². The van der Waals surface area contributed by atoms with E-state index in [2.05, 4.69) is 47.6 Å². The van der Waals surface area contributed by atoms with Crippen molar-refractivity contribution < 1.29 is 9.90 Å². The van der Waals surface area contributed by atoms with Gasteiger partial charge in [-0.1, -0.05) is 41.1 Å². The molecule has 1 aromatic heterocycles. The van der Waals surface area contributed by atoms with E-state index in [-0.39, 0.29) is 6.54 Å². The number of carboxylic acids is 1. The van der Waals surface area contributed by atoms with Gasteiger partial charge in [-0.2, -0.15) is 0 Å². The summed E-state index contributed by atoms with van der Waals surface area (Å²) in [5, 5.41) is 20.2. The fourth-order valence-electron chi connectivity index (χ4n) is 1.83. The first-order chi connectivity index (χ1) is 9.04. The van der Waals surface area contributed by atoms with Crippen LogP contribution in [-0.4, -0.2) is 31.3 Å². The molecule has 1 heterocycles. The van der Waals surface area contributed by atoms with Gasteiger partial charge in [0.25, 0.3) is 0 Å². The Kier molecular flexibility index (Phi) is 4.16. The molecule has 100 valence electrons. The minimum absolute atomic E-state index is 0.220. The summed E-state index contributed by atoms with van der Waals surface area (Å²) >= 11 is 1.43. The Morgan fingerprint density at radius 1 is 1.32 bits per heavy atom. The van der Waals surface area contributed by atoms with Gasteiger partial charge in [0.15, 0.2) is 0 Å². The molecule has 0 saturated carbocycles. The van der Waals surface area contributed by atoms with Crippen molar-refractivity contribution in [3.63, 3.8) is 0 Å². The van der Waals surface area contributed by atoms with E-state index in [0.717, 1.165) is 0 Å². The minimum Gasteiger partial charge on any atom is -0.480 e. The maximum atomic E-state index is 10.7. The van der Waals surface area contributed by atoms with Gasteiger partial charge in [-0.15, -0.1) is 5.10 Å². The number of aryl methyl sites for hydroxylation is 2. The summed E-state index contributed by atoms with van der Waals surface area (Å²) in [6.07, 6.45) is 0. The molecule has 0 spiro atoms. The van der Waals surface area contributed by atoms with Crippen LogP contribution in [0.2, 0.25) is 0 Å². The summed E-state index contributed by atoms with van der Waals surface area (Å²) < 4.78 is 1.29. The van der Waals surface area contributed by atoms with Crippen molar-refractivity contribution in [3.05, 3.63) is 34.9 Å². The molecule has 1 N–H and O–H groups in total. The molecule has 0 atom stereocenters. The van der Waals surface area contributed by atoms with Crippen LogP contribution in [0.25, 0.3) is 0 Å². The highest BCUT2D eigenvalue weighted by molar-refractivity contribution is 7.98. The van der Waals surface area contributed by atoms with Gasteiger partial charge in [0, 0.05) is 5.75 Å². The molecular weight excluding hydrogens is 264 g/mol. The molecule has 0 unspecified atom stereocenters. The highest BCUT2D eigenvalue weighted by Crippen LogP contribution is 2.21. The molecular formula is C12H14N4O2S. The van der Waals surface area contributed by atoms with Gasteiger partial charge in [0.1, 0.15) is 6.54 Å². The number of tetrazole rings is 1. The van der Waals surface area contributed by atoms with E-state index in [9.17, 15) is 4.79 Å². The lowest BCUT2D eigenvalue weighted by Gasteiger charge is -2.04. The molecule has 2 rings (SSSR count). The number of hydrogen-bond acceptors (Lipinski definition) is 5. The summed E-state index contributed by atoms with van der Waals surface area (Å²) in [6, 6.07) is 6.32. The first-order valence-corrected chi connectivity index (χ1v) is 6.71. The molecule has 0 saturated heterocycles. The second kappa shape index (κ2) is 5.83. The first kappa shape index (κ1) is 13.5. The Bertz CT molecular complexity index is 577. The number of aliphatic carboxylic acids is 1. The minimum atomic E-state index is -0.958. The Morgan fingerprint density at radius 2 is 2.00 bits per heavy atom. The summed E-state index contributed by atoms with van der Waals surface area (Å²) in [6.45, 7) is 3.88. The van der Waals surface area contributed by atoms with Gasteiger partial charge >= 0.3 is 5.97 Å². The zero-order valence-corrected chi connectivity index (χ0v) is 11.5. The predicted octanol–water partition coefficient (Wildman–Crippen LogP) is 1.67. The standard InChI is InChI=1S/C12H14N4O2S/c1-8-3-9(2)5-10(4-8)7-19-12-13-14-15-16(12)6-11(17)18/h3-5H,6-7H2,1-2H3,(H,17,18). The zero-order valence-electron chi connectivity index (χ0n) is 10.7. The van der Waals surface area contributed by atoms with Crippen LogP contribution < -0.4 is 0 Å². The average Bonchev–Trinajstić information content (AvgIpc) is 2.71. The second-order valence-corrected chi connectivity index (χ2v) is 5.24. The molecule has 0 amide bonds. The highest BCUT2D eigenvalue weighted by Gasteiger charge is 2.10. The second-order valence-electron chi connectivity index (χ2n) is 4.30. The van der Waals surface area contributed by atoms with Crippen LogP contribution in [0.5, 0.6) is 0 Å². The monoisotopic (exact) mass is 278 g/mol.